The van der Waals surface area contributed by atoms with E-state index in [1.807, 2.05) is 18.7 Å². The highest BCUT2D eigenvalue weighted by atomic mass is 35.5. The van der Waals surface area contributed by atoms with Crippen LogP contribution in [0.1, 0.15) is 46.0 Å². The zero-order valence-corrected chi connectivity index (χ0v) is 14.2. The molecule has 1 atom stereocenters. The van der Waals surface area contributed by atoms with Gasteiger partial charge in [-0.05, 0) is 19.6 Å². The second-order valence-electron chi connectivity index (χ2n) is 5.77. The van der Waals surface area contributed by atoms with Crippen molar-refractivity contribution in [3.05, 3.63) is 16.5 Å². The molecule has 19 heavy (non-hydrogen) atoms. The van der Waals surface area contributed by atoms with Crippen LogP contribution in [-0.4, -0.2) is 27.5 Å². The van der Waals surface area contributed by atoms with E-state index < -0.39 is 0 Å². The van der Waals surface area contributed by atoms with Crippen LogP contribution in [0.2, 0.25) is 5.15 Å². The average Bonchev–Trinajstić information content (AvgIpc) is 2.30. The Morgan fingerprint density at radius 2 is 1.95 bits per heavy atom. The molecule has 1 N–H and O–H groups in total. The smallest absolute Gasteiger partial charge is 0.137 e. The van der Waals surface area contributed by atoms with Crippen LogP contribution in [0.4, 0.5) is 5.82 Å². The third kappa shape index (κ3) is 4.84. The molecule has 0 saturated carbocycles. The Kier molecular flexibility index (Phi) is 5.93. The van der Waals surface area contributed by atoms with Gasteiger partial charge in [0.2, 0.25) is 0 Å². The van der Waals surface area contributed by atoms with Crippen LogP contribution in [0.15, 0.2) is 0 Å². The van der Waals surface area contributed by atoms with Gasteiger partial charge in [-0.3, -0.25) is 0 Å². The largest absolute Gasteiger partial charge is 0.366 e. The van der Waals surface area contributed by atoms with Crippen LogP contribution < -0.4 is 5.32 Å². The number of nitrogens with zero attached hydrogens (tertiary/aromatic N) is 2. The van der Waals surface area contributed by atoms with Crippen LogP contribution in [0, 0.1) is 6.92 Å². The Balaban J connectivity index is 2.96. The van der Waals surface area contributed by atoms with Gasteiger partial charge in [-0.2, -0.15) is 11.8 Å². The monoisotopic (exact) mass is 301 g/mol. The third-order valence-corrected chi connectivity index (χ3v) is 4.22. The Bertz CT molecular complexity index is 429. The molecule has 0 aromatic carbocycles. The van der Waals surface area contributed by atoms with E-state index in [9.17, 15) is 0 Å². The predicted octanol–water partition coefficient (Wildman–Crippen LogP) is 4.29. The highest BCUT2D eigenvalue weighted by molar-refractivity contribution is 7.99. The number of rotatable bonds is 5. The highest BCUT2D eigenvalue weighted by Crippen LogP contribution is 2.26. The molecule has 1 aromatic rings. The van der Waals surface area contributed by atoms with Crippen molar-refractivity contribution in [1.82, 2.24) is 9.97 Å². The van der Waals surface area contributed by atoms with Gasteiger partial charge in [-0.1, -0.05) is 39.3 Å². The molecule has 0 aliphatic carbocycles. The van der Waals surface area contributed by atoms with E-state index in [2.05, 4.69) is 49.9 Å². The standard InChI is InChI=1S/C14H24ClN3S/c1-7-19-8-9(2)16-12-10(3)11(15)17-13(18-12)14(4,5)6/h9H,7-8H2,1-6H3,(H,16,17,18). The van der Waals surface area contributed by atoms with Gasteiger partial charge in [0.15, 0.2) is 0 Å². The molecular formula is C14H24ClN3S. The molecule has 0 bridgehead atoms. The van der Waals surface area contributed by atoms with Gasteiger partial charge in [0, 0.05) is 22.8 Å². The zero-order chi connectivity index (χ0) is 14.6. The second kappa shape index (κ2) is 6.80. The van der Waals surface area contributed by atoms with Crippen LogP contribution in [0.5, 0.6) is 0 Å². The number of hydrogen-bond acceptors (Lipinski definition) is 4. The number of anilines is 1. The number of halogens is 1. The fraction of sp³-hybridized carbons (Fsp3) is 0.714. The molecule has 0 saturated heterocycles. The molecule has 1 unspecified atom stereocenters. The number of hydrogen-bond donors (Lipinski definition) is 1. The average molecular weight is 302 g/mol. The van der Waals surface area contributed by atoms with Gasteiger partial charge < -0.3 is 5.32 Å². The van der Waals surface area contributed by atoms with Crippen molar-refractivity contribution in [1.29, 1.82) is 0 Å². The maximum atomic E-state index is 6.22. The second-order valence-corrected chi connectivity index (χ2v) is 7.44. The summed E-state index contributed by atoms with van der Waals surface area (Å²) in [4.78, 5) is 9.02. The predicted molar refractivity (Wildman–Crippen MR) is 86.6 cm³/mol. The molecule has 1 heterocycles. The van der Waals surface area contributed by atoms with E-state index in [-0.39, 0.29) is 5.41 Å². The summed E-state index contributed by atoms with van der Waals surface area (Å²) in [5.74, 6) is 3.82. The van der Waals surface area contributed by atoms with Crippen LogP contribution in [0.25, 0.3) is 0 Å². The number of aromatic nitrogens is 2. The first-order valence-corrected chi connectivity index (χ1v) is 8.17. The Labute approximate surface area is 125 Å². The molecule has 1 aromatic heterocycles. The molecule has 0 fully saturated rings. The topological polar surface area (TPSA) is 37.8 Å². The molecule has 0 aliphatic heterocycles. The summed E-state index contributed by atoms with van der Waals surface area (Å²) in [6, 6.07) is 0.363. The van der Waals surface area contributed by atoms with Crippen LogP contribution in [-0.2, 0) is 5.41 Å². The van der Waals surface area contributed by atoms with Crippen molar-refractivity contribution in [2.45, 2.75) is 53.0 Å². The van der Waals surface area contributed by atoms with E-state index in [0.29, 0.717) is 11.2 Å². The fourth-order valence-electron chi connectivity index (χ4n) is 1.53. The van der Waals surface area contributed by atoms with Gasteiger partial charge in [0.1, 0.15) is 16.8 Å². The first kappa shape index (κ1) is 16.6. The molecule has 3 nitrogen and oxygen atoms in total. The lowest BCUT2D eigenvalue weighted by Gasteiger charge is -2.21. The maximum Gasteiger partial charge on any atom is 0.137 e. The normalized spacial score (nSPS) is 13.4. The van der Waals surface area contributed by atoms with Crippen LogP contribution >= 0.6 is 23.4 Å². The molecule has 108 valence electrons. The maximum absolute atomic E-state index is 6.22. The van der Waals surface area contributed by atoms with Crippen molar-refractivity contribution in [3.8, 4) is 0 Å². The summed E-state index contributed by atoms with van der Waals surface area (Å²) in [5, 5.41) is 3.98. The van der Waals surface area contributed by atoms with Crippen molar-refractivity contribution >= 4 is 29.2 Å². The molecule has 0 radical (unpaired) electrons. The van der Waals surface area contributed by atoms with Gasteiger partial charge in [0.05, 0.1) is 0 Å². The Morgan fingerprint density at radius 1 is 1.32 bits per heavy atom. The van der Waals surface area contributed by atoms with Crippen molar-refractivity contribution in [3.63, 3.8) is 0 Å². The lowest BCUT2D eigenvalue weighted by atomic mass is 9.95. The number of thioether (sulfide) groups is 1. The summed E-state index contributed by atoms with van der Waals surface area (Å²) < 4.78 is 0. The summed E-state index contributed by atoms with van der Waals surface area (Å²) in [6.07, 6.45) is 0. The molecule has 5 heteroatoms. The summed E-state index contributed by atoms with van der Waals surface area (Å²) in [7, 11) is 0. The zero-order valence-electron chi connectivity index (χ0n) is 12.7. The Morgan fingerprint density at radius 3 is 2.47 bits per heavy atom. The fourth-order valence-corrected chi connectivity index (χ4v) is 2.38. The summed E-state index contributed by atoms with van der Waals surface area (Å²) >= 11 is 8.13. The SMILES string of the molecule is CCSCC(C)Nc1nc(C(C)(C)C)nc(Cl)c1C. The van der Waals surface area contributed by atoms with E-state index in [0.717, 1.165) is 28.7 Å². The lowest BCUT2D eigenvalue weighted by Crippen LogP contribution is -2.23. The van der Waals surface area contributed by atoms with Gasteiger partial charge in [0.25, 0.3) is 0 Å². The van der Waals surface area contributed by atoms with E-state index in [4.69, 9.17) is 11.6 Å². The van der Waals surface area contributed by atoms with Gasteiger partial charge >= 0.3 is 0 Å². The van der Waals surface area contributed by atoms with Crippen LogP contribution in [0.3, 0.4) is 0 Å². The molecule has 0 spiro atoms. The quantitative estimate of drug-likeness (QED) is 0.823. The summed E-state index contributed by atoms with van der Waals surface area (Å²) in [5.41, 5.74) is 0.817. The first-order valence-electron chi connectivity index (χ1n) is 6.64. The number of nitrogens with one attached hydrogen (secondary N) is 1. The lowest BCUT2D eigenvalue weighted by molar-refractivity contribution is 0.545. The minimum absolute atomic E-state index is 0.102. The summed E-state index contributed by atoms with van der Waals surface area (Å²) in [6.45, 7) is 12.6. The molecular weight excluding hydrogens is 278 g/mol. The Hall–Kier alpha value is -0.480. The van der Waals surface area contributed by atoms with E-state index >= 15 is 0 Å². The highest BCUT2D eigenvalue weighted by Gasteiger charge is 2.21. The minimum Gasteiger partial charge on any atom is -0.366 e. The molecule has 1 rings (SSSR count). The minimum atomic E-state index is -0.102. The molecule has 0 amide bonds. The third-order valence-electron chi connectivity index (χ3n) is 2.71. The van der Waals surface area contributed by atoms with Crippen molar-refractivity contribution in [2.75, 3.05) is 16.8 Å². The van der Waals surface area contributed by atoms with Gasteiger partial charge in [-0.25, -0.2) is 9.97 Å². The van der Waals surface area contributed by atoms with E-state index in [1.165, 1.54) is 0 Å². The van der Waals surface area contributed by atoms with E-state index in [1.54, 1.807) is 0 Å². The van der Waals surface area contributed by atoms with Crippen molar-refractivity contribution in [2.24, 2.45) is 0 Å². The first-order chi connectivity index (χ1) is 8.75. The van der Waals surface area contributed by atoms with Crippen molar-refractivity contribution < 1.29 is 0 Å². The van der Waals surface area contributed by atoms with Gasteiger partial charge in [-0.15, -0.1) is 0 Å². The molecule has 0 aliphatic rings.